The molecule has 24 heavy (non-hydrogen) atoms. The highest BCUT2D eigenvalue weighted by molar-refractivity contribution is 5.35. The fourth-order valence-corrected chi connectivity index (χ4v) is 2.89. The van der Waals surface area contributed by atoms with Gasteiger partial charge in [0.25, 0.3) is 0 Å². The van der Waals surface area contributed by atoms with Gasteiger partial charge in [-0.05, 0) is 5.56 Å². The van der Waals surface area contributed by atoms with Crippen molar-refractivity contribution >= 4 is 0 Å². The van der Waals surface area contributed by atoms with Gasteiger partial charge < -0.3 is 4.74 Å². The van der Waals surface area contributed by atoms with Crippen LogP contribution in [0.2, 0.25) is 0 Å². The van der Waals surface area contributed by atoms with Crippen molar-refractivity contribution in [2.24, 2.45) is 0 Å². The van der Waals surface area contributed by atoms with Crippen molar-refractivity contribution in [1.29, 1.82) is 0 Å². The smallest absolute Gasteiger partial charge is 0.200 e. The van der Waals surface area contributed by atoms with Crippen LogP contribution in [-0.2, 0) is 4.74 Å². The normalized spacial score (nSPS) is 17.0. The summed E-state index contributed by atoms with van der Waals surface area (Å²) in [5.74, 6) is -9.61. The number of benzene rings is 2. The second kappa shape index (κ2) is 6.86. The van der Waals surface area contributed by atoms with Crippen molar-refractivity contribution in [2.45, 2.75) is 6.04 Å². The lowest BCUT2D eigenvalue weighted by Gasteiger charge is -2.35. The Hall–Kier alpha value is -1.99. The summed E-state index contributed by atoms with van der Waals surface area (Å²) in [5.41, 5.74) is -0.387. The molecular formula is C17H14F5NO. The zero-order valence-electron chi connectivity index (χ0n) is 12.5. The maximum absolute atomic E-state index is 14.3. The molecule has 1 saturated heterocycles. The van der Waals surface area contributed by atoms with Crippen molar-refractivity contribution < 1.29 is 26.7 Å². The first-order valence-corrected chi connectivity index (χ1v) is 7.40. The molecule has 0 aromatic heterocycles. The largest absolute Gasteiger partial charge is 0.379 e. The van der Waals surface area contributed by atoms with Crippen LogP contribution in [-0.4, -0.2) is 31.2 Å². The molecule has 1 heterocycles. The summed E-state index contributed by atoms with van der Waals surface area (Å²) < 4.78 is 74.5. The summed E-state index contributed by atoms with van der Waals surface area (Å²) >= 11 is 0. The van der Waals surface area contributed by atoms with Gasteiger partial charge in [-0.15, -0.1) is 0 Å². The van der Waals surface area contributed by atoms with E-state index in [1.54, 1.807) is 35.2 Å². The number of rotatable bonds is 3. The molecule has 1 aliphatic rings. The van der Waals surface area contributed by atoms with Crippen LogP contribution in [0.1, 0.15) is 17.2 Å². The summed E-state index contributed by atoms with van der Waals surface area (Å²) in [6, 6.07) is 7.11. The van der Waals surface area contributed by atoms with E-state index in [-0.39, 0.29) is 0 Å². The third kappa shape index (κ3) is 2.89. The lowest BCUT2D eigenvalue weighted by molar-refractivity contribution is 0.0223. The average molecular weight is 343 g/mol. The van der Waals surface area contributed by atoms with Gasteiger partial charge in [0.05, 0.1) is 24.8 Å². The predicted molar refractivity (Wildman–Crippen MR) is 76.9 cm³/mol. The van der Waals surface area contributed by atoms with Gasteiger partial charge in [0.2, 0.25) is 5.82 Å². The monoisotopic (exact) mass is 343 g/mol. The van der Waals surface area contributed by atoms with Gasteiger partial charge in [0.15, 0.2) is 23.3 Å². The molecule has 0 aliphatic carbocycles. The molecule has 2 nitrogen and oxygen atoms in total. The van der Waals surface area contributed by atoms with Crippen LogP contribution >= 0.6 is 0 Å². The van der Waals surface area contributed by atoms with Gasteiger partial charge in [0.1, 0.15) is 0 Å². The molecule has 7 heteroatoms. The number of morpholine rings is 1. The van der Waals surface area contributed by atoms with Crippen LogP contribution in [0.15, 0.2) is 30.3 Å². The topological polar surface area (TPSA) is 12.5 Å². The Labute approximate surface area is 135 Å². The number of hydrogen-bond donors (Lipinski definition) is 0. The molecule has 0 unspecified atom stereocenters. The van der Waals surface area contributed by atoms with E-state index in [4.69, 9.17) is 4.74 Å². The van der Waals surface area contributed by atoms with Crippen molar-refractivity contribution in [3.8, 4) is 0 Å². The molecule has 1 atom stereocenters. The Morgan fingerprint density at radius 1 is 0.750 bits per heavy atom. The molecule has 0 spiro atoms. The first-order chi connectivity index (χ1) is 11.5. The summed E-state index contributed by atoms with van der Waals surface area (Å²) in [6.07, 6.45) is 0. The molecule has 2 aromatic rings. The molecule has 0 saturated carbocycles. The fourth-order valence-electron chi connectivity index (χ4n) is 2.89. The summed E-state index contributed by atoms with van der Waals surface area (Å²) in [4.78, 5) is 1.65. The maximum Gasteiger partial charge on any atom is 0.200 e. The first kappa shape index (κ1) is 16.9. The van der Waals surface area contributed by atoms with Crippen molar-refractivity contribution in [1.82, 2.24) is 4.90 Å². The Bertz CT molecular complexity index is 703. The van der Waals surface area contributed by atoms with E-state index in [0.29, 0.717) is 31.9 Å². The molecule has 1 aliphatic heterocycles. The minimum absolute atomic E-state index is 0.318. The first-order valence-electron chi connectivity index (χ1n) is 7.40. The number of hydrogen-bond acceptors (Lipinski definition) is 2. The molecule has 1 fully saturated rings. The highest BCUT2D eigenvalue weighted by Gasteiger charge is 2.34. The van der Waals surface area contributed by atoms with Crippen molar-refractivity contribution in [3.05, 3.63) is 70.5 Å². The zero-order valence-corrected chi connectivity index (χ0v) is 12.5. The fraction of sp³-hybridized carbons (Fsp3) is 0.294. The van der Waals surface area contributed by atoms with Crippen LogP contribution in [0, 0.1) is 29.1 Å². The van der Waals surface area contributed by atoms with E-state index in [1.165, 1.54) is 0 Å². The van der Waals surface area contributed by atoms with Gasteiger partial charge in [-0.25, -0.2) is 22.0 Å². The van der Waals surface area contributed by atoms with Gasteiger partial charge in [-0.2, -0.15) is 0 Å². The van der Waals surface area contributed by atoms with E-state index >= 15 is 0 Å². The minimum atomic E-state index is -2.15. The lowest BCUT2D eigenvalue weighted by Crippen LogP contribution is -2.40. The highest BCUT2D eigenvalue weighted by Crippen LogP contribution is 2.35. The maximum atomic E-state index is 14.3. The highest BCUT2D eigenvalue weighted by atomic mass is 19.2. The molecular weight excluding hydrogens is 329 g/mol. The van der Waals surface area contributed by atoms with E-state index in [1.807, 2.05) is 0 Å². The minimum Gasteiger partial charge on any atom is -0.379 e. The second-order valence-electron chi connectivity index (χ2n) is 5.45. The zero-order chi connectivity index (χ0) is 17.3. The third-order valence-corrected chi connectivity index (χ3v) is 4.04. The Morgan fingerprint density at radius 2 is 1.25 bits per heavy atom. The lowest BCUT2D eigenvalue weighted by atomic mass is 9.95. The predicted octanol–water partition coefficient (Wildman–Crippen LogP) is 3.80. The quantitative estimate of drug-likeness (QED) is 0.477. The van der Waals surface area contributed by atoms with Crippen LogP contribution in [0.5, 0.6) is 0 Å². The van der Waals surface area contributed by atoms with Crippen molar-refractivity contribution in [3.63, 3.8) is 0 Å². The number of ether oxygens (including phenoxy) is 1. The molecule has 3 rings (SSSR count). The molecule has 0 amide bonds. The van der Waals surface area contributed by atoms with Crippen molar-refractivity contribution in [2.75, 3.05) is 26.3 Å². The SMILES string of the molecule is Fc1c(F)c(F)c([C@H](c2ccccc2)N2CCOCC2)c(F)c1F. The van der Waals surface area contributed by atoms with Crippen LogP contribution < -0.4 is 0 Å². The Balaban J connectivity index is 2.20. The van der Waals surface area contributed by atoms with Gasteiger partial charge in [-0.1, -0.05) is 30.3 Å². The third-order valence-electron chi connectivity index (χ3n) is 4.04. The van der Waals surface area contributed by atoms with E-state index in [2.05, 4.69) is 0 Å². The van der Waals surface area contributed by atoms with Crippen LogP contribution in [0.25, 0.3) is 0 Å². The summed E-state index contributed by atoms with van der Waals surface area (Å²) in [7, 11) is 0. The molecule has 0 bridgehead atoms. The molecule has 0 radical (unpaired) electrons. The second-order valence-corrected chi connectivity index (χ2v) is 5.45. The Kier molecular flexibility index (Phi) is 4.82. The van der Waals surface area contributed by atoms with Crippen LogP contribution in [0.3, 0.4) is 0 Å². The molecule has 0 N–H and O–H groups in total. The number of halogens is 5. The Morgan fingerprint density at radius 3 is 1.79 bits per heavy atom. The average Bonchev–Trinajstić information content (AvgIpc) is 2.63. The van der Waals surface area contributed by atoms with Gasteiger partial charge in [0, 0.05) is 13.1 Å². The summed E-state index contributed by atoms with van der Waals surface area (Å²) in [6.45, 7) is 1.27. The van der Waals surface area contributed by atoms with Gasteiger partial charge >= 0.3 is 0 Å². The number of nitrogens with zero attached hydrogens (tertiary/aromatic N) is 1. The van der Waals surface area contributed by atoms with E-state index in [0.717, 1.165) is 0 Å². The van der Waals surface area contributed by atoms with E-state index < -0.39 is 40.7 Å². The van der Waals surface area contributed by atoms with Gasteiger partial charge in [-0.3, -0.25) is 4.90 Å². The van der Waals surface area contributed by atoms with E-state index in [9.17, 15) is 22.0 Å². The van der Waals surface area contributed by atoms with Crippen LogP contribution in [0.4, 0.5) is 22.0 Å². The molecule has 2 aromatic carbocycles. The summed E-state index contributed by atoms with van der Waals surface area (Å²) in [5, 5.41) is 0. The molecule has 128 valence electrons. The standard InChI is InChI=1S/C17H14F5NO/c18-12-11(13(19)15(21)16(22)14(12)20)17(10-4-2-1-3-5-10)23-6-8-24-9-7-23/h1-5,17H,6-9H2/t17-/m0/s1.